The number of carbonyl (C=O) groups is 2. The van der Waals surface area contributed by atoms with E-state index >= 15 is 0 Å². The van der Waals surface area contributed by atoms with Gasteiger partial charge in [-0.15, -0.1) is 0 Å². The highest BCUT2D eigenvalue weighted by atomic mass is 35.5. The fraction of sp³-hybridized carbons (Fsp3) is 0.300. The molecule has 1 aliphatic rings. The van der Waals surface area contributed by atoms with Crippen LogP contribution in [-0.4, -0.2) is 29.3 Å². The van der Waals surface area contributed by atoms with E-state index in [0.717, 1.165) is 30.5 Å². The van der Waals surface area contributed by atoms with Crippen LogP contribution in [0.1, 0.15) is 35.2 Å². The van der Waals surface area contributed by atoms with Gasteiger partial charge in [-0.25, -0.2) is 8.78 Å². The summed E-state index contributed by atoms with van der Waals surface area (Å²) in [7, 11) is 0. The first-order chi connectivity index (χ1) is 12.9. The lowest BCUT2D eigenvalue weighted by Gasteiger charge is -2.23. The third-order valence-corrected chi connectivity index (χ3v) is 4.69. The lowest BCUT2D eigenvalue weighted by Crippen LogP contribution is -2.35. The van der Waals surface area contributed by atoms with Gasteiger partial charge in [0.2, 0.25) is 5.91 Å². The molecule has 1 saturated carbocycles. The zero-order chi connectivity index (χ0) is 19.4. The minimum atomic E-state index is -0.521. The van der Waals surface area contributed by atoms with Gasteiger partial charge in [-0.1, -0.05) is 23.7 Å². The normalized spacial score (nSPS) is 13.3. The highest BCUT2D eigenvalue weighted by molar-refractivity contribution is 6.33. The van der Waals surface area contributed by atoms with Crippen LogP contribution in [0.15, 0.2) is 42.5 Å². The number of hydrogen-bond acceptors (Lipinski definition) is 2. The van der Waals surface area contributed by atoms with Crippen molar-refractivity contribution in [2.24, 2.45) is 0 Å². The largest absolute Gasteiger partial charge is 0.351 e. The first-order valence-corrected chi connectivity index (χ1v) is 9.09. The number of benzene rings is 2. The molecule has 1 aliphatic carbocycles. The Labute approximate surface area is 161 Å². The van der Waals surface area contributed by atoms with Gasteiger partial charge in [0.25, 0.3) is 5.91 Å². The Morgan fingerprint density at radius 1 is 1.07 bits per heavy atom. The van der Waals surface area contributed by atoms with Gasteiger partial charge in [-0.3, -0.25) is 9.59 Å². The summed E-state index contributed by atoms with van der Waals surface area (Å²) in [5.74, 6) is -1.37. The van der Waals surface area contributed by atoms with Gasteiger partial charge in [0, 0.05) is 25.6 Å². The molecule has 0 saturated heterocycles. The van der Waals surface area contributed by atoms with E-state index in [-0.39, 0.29) is 41.3 Å². The molecule has 1 fully saturated rings. The Hall–Kier alpha value is -2.47. The van der Waals surface area contributed by atoms with Gasteiger partial charge < -0.3 is 10.2 Å². The highest BCUT2D eigenvalue weighted by Gasteiger charge is 2.32. The lowest BCUT2D eigenvalue weighted by molar-refractivity contribution is -0.132. The van der Waals surface area contributed by atoms with E-state index in [0.29, 0.717) is 6.54 Å². The average Bonchev–Trinajstić information content (AvgIpc) is 3.46. The zero-order valence-corrected chi connectivity index (χ0v) is 15.3. The van der Waals surface area contributed by atoms with Crippen molar-refractivity contribution in [2.45, 2.75) is 31.8 Å². The average molecular weight is 393 g/mol. The van der Waals surface area contributed by atoms with Gasteiger partial charge in [-0.05, 0) is 48.7 Å². The molecule has 2 aromatic rings. The number of hydrogen-bond donors (Lipinski definition) is 1. The lowest BCUT2D eigenvalue weighted by atomic mass is 10.2. The second-order valence-electron chi connectivity index (χ2n) is 6.51. The summed E-state index contributed by atoms with van der Waals surface area (Å²) < 4.78 is 26.1. The Kier molecular flexibility index (Phi) is 6.06. The van der Waals surface area contributed by atoms with Crippen LogP contribution in [-0.2, 0) is 11.3 Å². The molecule has 3 rings (SSSR count). The maximum Gasteiger partial charge on any atom is 0.252 e. The van der Waals surface area contributed by atoms with Gasteiger partial charge in [0.05, 0.1) is 10.6 Å². The molecular formula is C20H19ClF2N2O2. The molecule has 0 unspecified atom stereocenters. The topological polar surface area (TPSA) is 49.4 Å². The summed E-state index contributed by atoms with van der Waals surface area (Å²) >= 11 is 5.86. The van der Waals surface area contributed by atoms with Crippen molar-refractivity contribution in [2.75, 3.05) is 6.54 Å². The molecule has 0 radical (unpaired) electrons. The number of halogens is 3. The van der Waals surface area contributed by atoms with E-state index in [9.17, 15) is 18.4 Å². The van der Waals surface area contributed by atoms with Crippen LogP contribution in [0.4, 0.5) is 8.78 Å². The molecule has 27 heavy (non-hydrogen) atoms. The predicted octanol–water partition coefficient (Wildman–Crippen LogP) is 3.93. The van der Waals surface area contributed by atoms with E-state index < -0.39 is 11.7 Å². The number of carbonyl (C=O) groups excluding carboxylic acids is 2. The van der Waals surface area contributed by atoms with Gasteiger partial charge in [0.15, 0.2) is 0 Å². The van der Waals surface area contributed by atoms with Crippen molar-refractivity contribution in [1.29, 1.82) is 0 Å². The van der Waals surface area contributed by atoms with Crippen LogP contribution in [0.3, 0.4) is 0 Å². The Morgan fingerprint density at radius 2 is 1.74 bits per heavy atom. The Morgan fingerprint density at radius 3 is 2.37 bits per heavy atom. The summed E-state index contributed by atoms with van der Waals surface area (Å²) in [6.45, 7) is 0.569. The summed E-state index contributed by atoms with van der Waals surface area (Å²) in [6, 6.07) is 9.80. The van der Waals surface area contributed by atoms with E-state index in [2.05, 4.69) is 5.32 Å². The van der Waals surface area contributed by atoms with E-state index in [4.69, 9.17) is 11.6 Å². The second kappa shape index (κ2) is 8.48. The van der Waals surface area contributed by atoms with Crippen LogP contribution in [0.5, 0.6) is 0 Å². The van der Waals surface area contributed by atoms with Gasteiger partial charge in [0.1, 0.15) is 11.6 Å². The molecule has 0 atom stereocenters. The van der Waals surface area contributed by atoms with Crippen molar-refractivity contribution < 1.29 is 18.4 Å². The van der Waals surface area contributed by atoms with Crippen molar-refractivity contribution in [1.82, 2.24) is 10.2 Å². The molecule has 2 aromatic carbocycles. The van der Waals surface area contributed by atoms with Crippen molar-refractivity contribution in [3.05, 3.63) is 70.2 Å². The zero-order valence-electron chi connectivity index (χ0n) is 14.6. The van der Waals surface area contributed by atoms with Crippen LogP contribution >= 0.6 is 11.6 Å². The third kappa shape index (κ3) is 5.26. The molecule has 1 N–H and O–H groups in total. The van der Waals surface area contributed by atoms with Crippen LogP contribution in [0.2, 0.25) is 5.02 Å². The maximum absolute atomic E-state index is 13.1. The standard InChI is InChI=1S/C20H19ClF2N2O2/c21-18-11-15(23)5-8-17(18)20(27)24-10-9-19(26)25(16-6-7-16)12-13-1-3-14(22)4-2-13/h1-5,8,11,16H,6-7,9-10,12H2,(H,24,27). The number of nitrogens with zero attached hydrogens (tertiary/aromatic N) is 1. The first kappa shape index (κ1) is 19.3. The number of amides is 2. The quantitative estimate of drug-likeness (QED) is 0.776. The molecule has 0 aromatic heterocycles. The minimum Gasteiger partial charge on any atom is -0.351 e. The fourth-order valence-electron chi connectivity index (χ4n) is 2.79. The monoisotopic (exact) mass is 392 g/mol. The number of rotatable bonds is 7. The summed E-state index contributed by atoms with van der Waals surface area (Å²) in [4.78, 5) is 26.4. The molecular weight excluding hydrogens is 374 g/mol. The fourth-order valence-corrected chi connectivity index (χ4v) is 3.04. The minimum absolute atomic E-state index is 0.0229. The summed E-state index contributed by atoms with van der Waals surface area (Å²) in [6.07, 6.45) is 2.04. The van der Waals surface area contributed by atoms with E-state index in [1.807, 2.05) is 0 Å². The molecule has 7 heteroatoms. The van der Waals surface area contributed by atoms with E-state index in [1.165, 1.54) is 18.2 Å². The third-order valence-electron chi connectivity index (χ3n) is 4.37. The molecule has 0 spiro atoms. The highest BCUT2D eigenvalue weighted by Crippen LogP contribution is 2.29. The van der Waals surface area contributed by atoms with Gasteiger partial charge >= 0.3 is 0 Å². The SMILES string of the molecule is O=C(NCCC(=O)N(Cc1ccc(F)cc1)C1CC1)c1ccc(F)cc1Cl. The molecule has 0 bridgehead atoms. The molecule has 142 valence electrons. The van der Waals surface area contributed by atoms with Crippen LogP contribution in [0.25, 0.3) is 0 Å². The second-order valence-corrected chi connectivity index (χ2v) is 6.92. The predicted molar refractivity (Wildman–Crippen MR) is 98.3 cm³/mol. The molecule has 0 aliphatic heterocycles. The van der Waals surface area contributed by atoms with Crippen molar-refractivity contribution in [3.8, 4) is 0 Å². The van der Waals surface area contributed by atoms with Gasteiger partial charge in [-0.2, -0.15) is 0 Å². The van der Waals surface area contributed by atoms with E-state index in [1.54, 1.807) is 17.0 Å². The summed E-state index contributed by atoms with van der Waals surface area (Å²) in [5, 5.41) is 2.66. The van der Waals surface area contributed by atoms with Crippen molar-refractivity contribution in [3.63, 3.8) is 0 Å². The smallest absolute Gasteiger partial charge is 0.252 e. The maximum atomic E-state index is 13.1. The molecule has 2 amide bonds. The Balaban J connectivity index is 1.53. The molecule has 0 heterocycles. The molecule has 4 nitrogen and oxygen atoms in total. The van der Waals surface area contributed by atoms with Crippen LogP contribution in [0, 0.1) is 11.6 Å². The van der Waals surface area contributed by atoms with Crippen molar-refractivity contribution >= 4 is 23.4 Å². The first-order valence-electron chi connectivity index (χ1n) is 8.71. The summed E-state index contributed by atoms with van der Waals surface area (Å²) in [5.41, 5.74) is 1.02. The Bertz CT molecular complexity index is 838. The van der Waals surface area contributed by atoms with Crippen LogP contribution < -0.4 is 5.32 Å². The number of nitrogens with one attached hydrogen (secondary N) is 1.